The van der Waals surface area contributed by atoms with Crippen molar-refractivity contribution in [2.24, 2.45) is 0 Å². The van der Waals surface area contributed by atoms with Gasteiger partial charge < -0.3 is 14.8 Å². The number of halogens is 2. The Bertz CT molecular complexity index is 741. The minimum atomic E-state index is -0.211. The van der Waals surface area contributed by atoms with E-state index in [1.54, 1.807) is 26.4 Å². The van der Waals surface area contributed by atoms with Gasteiger partial charge in [0.15, 0.2) is 11.5 Å². The van der Waals surface area contributed by atoms with Gasteiger partial charge in [0.25, 0.3) is 0 Å². The predicted octanol–water partition coefficient (Wildman–Crippen LogP) is 3.64. The lowest BCUT2D eigenvalue weighted by Gasteiger charge is -2.36. The second-order valence-electron chi connectivity index (χ2n) is 6.06. The summed E-state index contributed by atoms with van der Waals surface area (Å²) < 4.78 is 24.3. The summed E-state index contributed by atoms with van der Waals surface area (Å²) >= 11 is 6.32. The van der Waals surface area contributed by atoms with Crippen LogP contribution in [0, 0.1) is 5.82 Å². The lowest BCUT2D eigenvalue weighted by molar-refractivity contribution is 0.153. The summed E-state index contributed by atoms with van der Waals surface area (Å²) in [6.45, 7) is 3.24. The average Bonchev–Trinajstić information content (AvgIpc) is 2.61. The minimum absolute atomic E-state index is 0.108. The Balaban J connectivity index is 1.86. The number of benzene rings is 2. The van der Waals surface area contributed by atoms with Gasteiger partial charge >= 0.3 is 0 Å². The van der Waals surface area contributed by atoms with Crippen molar-refractivity contribution >= 4 is 11.6 Å². The zero-order valence-corrected chi connectivity index (χ0v) is 15.1. The molecule has 2 aromatic carbocycles. The third-order valence-electron chi connectivity index (χ3n) is 4.47. The van der Waals surface area contributed by atoms with Gasteiger partial charge in [0.05, 0.1) is 19.2 Å². The highest BCUT2D eigenvalue weighted by molar-refractivity contribution is 6.32. The van der Waals surface area contributed by atoms with Gasteiger partial charge in [-0.1, -0.05) is 23.7 Å². The first kappa shape index (κ1) is 18.0. The number of ether oxygens (including phenoxy) is 2. The molecule has 1 N–H and O–H groups in total. The molecule has 3 rings (SSSR count). The Hall–Kier alpha value is -1.82. The molecule has 25 heavy (non-hydrogen) atoms. The zero-order valence-electron chi connectivity index (χ0n) is 14.4. The van der Waals surface area contributed by atoms with Crippen LogP contribution in [-0.2, 0) is 6.54 Å². The summed E-state index contributed by atoms with van der Waals surface area (Å²) in [6.07, 6.45) is 0. The monoisotopic (exact) mass is 364 g/mol. The number of rotatable bonds is 5. The second kappa shape index (κ2) is 8.04. The van der Waals surface area contributed by atoms with E-state index in [4.69, 9.17) is 21.1 Å². The lowest BCUT2D eigenvalue weighted by atomic mass is 10.0. The van der Waals surface area contributed by atoms with Crippen LogP contribution < -0.4 is 14.8 Å². The van der Waals surface area contributed by atoms with Crippen molar-refractivity contribution in [1.82, 2.24) is 10.2 Å². The minimum Gasteiger partial charge on any atom is -0.493 e. The van der Waals surface area contributed by atoms with Gasteiger partial charge in [0.1, 0.15) is 5.82 Å². The molecule has 0 spiro atoms. The van der Waals surface area contributed by atoms with Gasteiger partial charge in [-0.2, -0.15) is 0 Å². The zero-order chi connectivity index (χ0) is 17.8. The molecule has 1 saturated heterocycles. The summed E-state index contributed by atoms with van der Waals surface area (Å²) in [6, 6.07) is 10.7. The highest BCUT2D eigenvalue weighted by Gasteiger charge is 2.25. The van der Waals surface area contributed by atoms with Crippen LogP contribution in [0.25, 0.3) is 0 Å². The molecule has 0 radical (unpaired) electrons. The molecule has 1 unspecified atom stereocenters. The number of hydrogen-bond acceptors (Lipinski definition) is 4. The third kappa shape index (κ3) is 4.06. The van der Waals surface area contributed by atoms with Crippen molar-refractivity contribution in [3.05, 3.63) is 58.4 Å². The maximum Gasteiger partial charge on any atom is 0.179 e. The van der Waals surface area contributed by atoms with Gasteiger partial charge in [-0.15, -0.1) is 0 Å². The molecular weight excluding hydrogens is 343 g/mol. The van der Waals surface area contributed by atoms with Crippen LogP contribution in [-0.4, -0.2) is 38.8 Å². The fraction of sp³-hybridized carbons (Fsp3) is 0.368. The van der Waals surface area contributed by atoms with Crippen molar-refractivity contribution in [3.8, 4) is 11.5 Å². The van der Waals surface area contributed by atoms with Gasteiger partial charge in [-0.25, -0.2) is 4.39 Å². The van der Waals surface area contributed by atoms with Gasteiger partial charge in [0.2, 0.25) is 0 Å². The van der Waals surface area contributed by atoms with Crippen molar-refractivity contribution < 1.29 is 13.9 Å². The maximum atomic E-state index is 13.6. The standard InChI is InChI=1S/C19H22ClFN2O2/c1-24-18-9-13(8-16(20)19(18)25-2)12-23-7-6-22-11-17(23)14-4-3-5-15(21)10-14/h3-5,8-10,17,22H,6-7,11-12H2,1-2H3. The van der Waals surface area contributed by atoms with E-state index in [0.717, 1.165) is 30.8 Å². The van der Waals surface area contributed by atoms with Crippen molar-refractivity contribution in [3.63, 3.8) is 0 Å². The van der Waals surface area contributed by atoms with Crippen molar-refractivity contribution in [1.29, 1.82) is 0 Å². The van der Waals surface area contributed by atoms with Gasteiger partial charge in [-0.05, 0) is 35.4 Å². The summed E-state index contributed by atoms with van der Waals surface area (Å²) in [4.78, 5) is 2.32. The molecule has 0 bridgehead atoms. The molecule has 1 atom stereocenters. The van der Waals surface area contributed by atoms with E-state index in [9.17, 15) is 4.39 Å². The van der Waals surface area contributed by atoms with Crippen LogP contribution in [0.1, 0.15) is 17.2 Å². The van der Waals surface area contributed by atoms with Crippen LogP contribution in [0.5, 0.6) is 11.5 Å². The predicted molar refractivity (Wildman–Crippen MR) is 97.0 cm³/mol. The Morgan fingerprint density at radius 1 is 1.24 bits per heavy atom. The van der Waals surface area contributed by atoms with E-state index in [1.165, 1.54) is 6.07 Å². The Kier molecular flexibility index (Phi) is 5.78. The molecule has 0 aliphatic carbocycles. The van der Waals surface area contributed by atoms with E-state index in [-0.39, 0.29) is 11.9 Å². The van der Waals surface area contributed by atoms with Crippen LogP contribution in [0.4, 0.5) is 4.39 Å². The molecule has 1 heterocycles. The molecule has 1 fully saturated rings. The van der Waals surface area contributed by atoms with Crippen LogP contribution in [0.15, 0.2) is 36.4 Å². The van der Waals surface area contributed by atoms with Crippen LogP contribution in [0.3, 0.4) is 0 Å². The van der Waals surface area contributed by atoms with E-state index >= 15 is 0 Å². The molecule has 2 aromatic rings. The van der Waals surface area contributed by atoms with Crippen LogP contribution >= 0.6 is 11.6 Å². The second-order valence-corrected chi connectivity index (χ2v) is 6.47. The highest BCUT2D eigenvalue weighted by atomic mass is 35.5. The lowest BCUT2D eigenvalue weighted by Crippen LogP contribution is -2.45. The molecule has 0 saturated carbocycles. The van der Waals surface area contributed by atoms with E-state index in [2.05, 4.69) is 10.2 Å². The molecular formula is C19H22ClFN2O2. The van der Waals surface area contributed by atoms with Crippen molar-refractivity contribution in [2.45, 2.75) is 12.6 Å². The SMILES string of the molecule is COc1cc(CN2CCNCC2c2cccc(F)c2)cc(Cl)c1OC. The van der Waals surface area contributed by atoms with E-state index < -0.39 is 0 Å². The number of nitrogens with one attached hydrogen (secondary N) is 1. The summed E-state index contributed by atoms with van der Waals surface area (Å²) in [5.41, 5.74) is 2.00. The first-order valence-electron chi connectivity index (χ1n) is 8.23. The molecule has 0 amide bonds. The first-order valence-corrected chi connectivity index (χ1v) is 8.60. The summed E-state index contributed by atoms with van der Waals surface area (Å²) in [5.74, 6) is 0.939. The Morgan fingerprint density at radius 3 is 2.80 bits per heavy atom. The van der Waals surface area contributed by atoms with Crippen LogP contribution in [0.2, 0.25) is 5.02 Å². The van der Waals surface area contributed by atoms with Gasteiger partial charge in [-0.3, -0.25) is 4.90 Å². The molecule has 4 nitrogen and oxygen atoms in total. The molecule has 6 heteroatoms. The summed E-state index contributed by atoms with van der Waals surface area (Å²) in [5, 5.41) is 3.91. The topological polar surface area (TPSA) is 33.7 Å². The quantitative estimate of drug-likeness (QED) is 0.878. The third-order valence-corrected chi connectivity index (χ3v) is 4.75. The first-order chi connectivity index (χ1) is 12.1. The number of methoxy groups -OCH3 is 2. The number of piperazine rings is 1. The molecule has 1 aliphatic rings. The summed E-state index contributed by atoms with van der Waals surface area (Å²) in [7, 11) is 3.16. The smallest absolute Gasteiger partial charge is 0.179 e. The highest BCUT2D eigenvalue weighted by Crippen LogP contribution is 2.37. The fourth-order valence-corrected chi connectivity index (χ4v) is 3.59. The van der Waals surface area contributed by atoms with Crippen molar-refractivity contribution in [2.75, 3.05) is 33.9 Å². The molecule has 0 aromatic heterocycles. The number of hydrogen-bond donors (Lipinski definition) is 1. The van der Waals surface area contributed by atoms with E-state index in [0.29, 0.717) is 23.1 Å². The largest absolute Gasteiger partial charge is 0.493 e. The fourth-order valence-electron chi connectivity index (χ4n) is 3.28. The normalized spacial score (nSPS) is 18.2. The Labute approximate surface area is 152 Å². The van der Waals surface area contributed by atoms with E-state index in [1.807, 2.05) is 18.2 Å². The molecule has 1 aliphatic heterocycles. The average molecular weight is 365 g/mol. The van der Waals surface area contributed by atoms with Gasteiger partial charge in [0, 0.05) is 32.2 Å². The molecule has 134 valence electrons. The maximum absolute atomic E-state index is 13.6. The number of nitrogens with zero attached hydrogens (tertiary/aromatic N) is 1. The Morgan fingerprint density at radius 2 is 2.08 bits per heavy atom.